The van der Waals surface area contributed by atoms with E-state index in [1.807, 2.05) is 13.8 Å². The lowest BCUT2D eigenvalue weighted by Crippen LogP contribution is -2.23. The number of sulfonamides is 1. The third kappa shape index (κ3) is 3.62. The summed E-state index contributed by atoms with van der Waals surface area (Å²) >= 11 is 0. The fourth-order valence-corrected chi connectivity index (χ4v) is 2.23. The van der Waals surface area contributed by atoms with Crippen LogP contribution in [-0.2, 0) is 16.6 Å². The van der Waals surface area contributed by atoms with Gasteiger partial charge in [-0.15, -0.1) is 0 Å². The van der Waals surface area contributed by atoms with Crippen molar-refractivity contribution in [3.63, 3.8) is 0 Å². The smallest absolute Gasteiger partial charge is 0.273 e. The molecule has 0 aromatic carbocycles. The highest BCUT2D eigenvalue weighted by Crippen LogP contribution is 2.13. The van der Waals surface area contributed by atoms with Crippen molar-refractivity contribution in [3.8, 4) is 0 Å². The summed E-state index contributed by atoms with van der Waals surface area (Å²) in [4.78, 5) is 0. The largest absolute Gasteiger partial charge is 0.447 e. The first-order chi connectivity index (χ1) is 7.60. The Morgan fingerprint density at radius 2 is 2.06 bits per heavy atom. The Balaban J connectivity index is 2.69. The quantitative estimate of drug-likeness (QED) is 0.755. The molecular weight excluding hydrogens is 228 g/mol. The van der Waals surface area contributed by atoms with Crippen LogP contribution in [-0.4, -0.2) is 21.5 Å². The zero-order valence-electron chi connectivity index (χ0n) is 9.62. The van der Waals surface area contributed by atoms with Gasteiger partial charge in [-0.25, -0.2) is 13.1 Å². The first-order valence-corrected chi connectivity index (χ1v) is 6.87. The van der Waals surface area contributed by atoms with E-state index in [1.165, 1.54) is 6.07 Å². The van der Waals surface area contributed by atoms with Crippen LogP contribution in [0.25, 0.3) is 0 Å². The molecule has 5 nitrogen and oxygen atoms in total. The molecular formula is C10H18N2O3S. The first kappa shape index (κ1) is 13.2. The van der Waals surface area contributed by atoms with Crippen LogP contribution in [0.4, 0.5) is 0 Å². The Hall–Kier alpha value is -0.850. The normalized spacial score (nSPS) is 11.9. The Morgan fingerprint density at radius 1 is 1.31 bits per heavy atom. The van der Waals surface area contributed by atoms with E-state index in [0.717, 1.165) is 13.0 Å². The fraction of sp³-hybridized carbons (Fsp3) is 0.600. The van der Waals surface area contributed by atoms with Crippen LogP contribution in [0.15, 0.2) is 21.6 Å². The van der Waals surface area contributed by atoms with E-state index in [0.29, 0.717) is 18.8 Å². The molecule has 0 saturated carbocycles. The van der Waals surface area contributed by atoms with Gasteiger partial charge in [0.05, 0.1) is 6.54 Å². The van der Waals surface area contributed by atoms with Gasteiger partial charge in [0.1, 0.15) is 5.76 Å². The predicted octanol–water partition coefficient (Wildman–Crippen LogP) is 1.08. The van der Waals surface area contributed by atoms with Gasteiger partial charge in [-0.2, -0.15) is 0 Å². The van der Waals surface area contributed by atoms with Crippen LogP contribution in [0.5, 0.6) is 0 Å². The van der Waals surface area contributed by atoms with Crippen molar-refractivity contribution in [1.29, 1.82) is 0 Å². The third-order valence-electron chi connectivity index (χ3n) is 1.99. The molecule has 0 aliphatic heterocycles. The first-order valence-electron chi connectivity index (χ1n) is 5.39. The molecule has 92 valence electrons. The Morgan fingerprint density at radius 3 is 2.69 bits per heavy atom. The summed E-state index contributed by atoms with van der Waals surface area (Å²) in [5.41, 5.74) is 0. The number of hydrogen-bond acceptors (Lipinski definition) is 4. The third-order valence-corrected chi connectivity index (χ3v) is 3.33. The minimum absolute atomic E-state index is 0.0196. The second-order valence-corrected chi connectivity index (χ2v) is 5.10. The van der Waals surface area contributed by atoms with Crippen molar-refractivity contribution in [2.75, 3.05) is 13.1 Å². The van der Waals surface area contributed by atoms with Crippen LogP contribution < -0.4 is 10.0 Å². The van der Waals surface area contributed by atoms with Gasteiger partial charge in [0.2, 0.25) is 5.09 Å². The van der Waals surface area contributed by atoms with Gasteiger partial charge >= 0.3 is 0 Å². The number of hydrogen-bond donors (Lipinski definition) is 2. The van der Waals surface area contributed by atoms with E-state index in [4.69, 9.17) is 4.42 Å². The Labute approximate surface area is 96.3 Å². The maximum Gasteiger partial charge on any atom is 0.273 e. The van der Waals surface area contributed by atoms with E-state index < -0.39 is 10.0 Å². The average molecular weight is 246 g/mol. The van der Waals surface area contributed by atoms with Crippen molar-refractivity contribution in [2.45, 2.75) is 31.9 Å². The van der Waals surface area contributed by atoms with Crippen molar-refractivity contribution in [1.82, 2.24) is 10.0 Å². The van der Waals surface area contributed by atoms with E-state index in [-0.39, 0.29) is 5.09 Å². The molecule has 0 aliphatic rings. The van der Waals surface area contributed by atoms with Gasteiger partial charge in [0.25, 0.3) is 10.0 Å². The molecule has 1 heterocycles. The lowest BCUT2D eigenvalue weighted by atomic mass is 10.4. The highest BCUT2D eigenvalue weighted by atomic mass is 32.2. The zero-order chi connectivity index (χ0) is 12.0. The molecule has 0 bridgehead atoms. The van der Waals surface area contributed by atoms with Crippen molar-refractivity contribution in [2.24, 2.45) is 0 Å². The molecule has 0 radical (unpaired) electrons. The van der Waals surface area contributed by atoms with E-state index in [1.54, 1.807) is 6.07 Å². The molecule has 1 aromatic rings. The maximum absolute atomic E-state index is 11.7. The second-order valence-electron chi connectivity index (χ2n) is 3.40. The van der Waals surface area contributed by atoms with Crippen molar-refractivity contribution < 1.29 is 12.8 Å². The highest BCUT2D eigenvalue weighted by molar-refractivity contribution is 7.89. The van der Waals surface area contributed by atoms with Crippen molar-refractivity contribution >= 4 is 10.0 Å². The van der Waals surface area contributed by atoms with Crippen LogP contribution in [0.1, 0.15) is 26.0 Å². The summed E-state index contributed by atoms with van der Waals surface area (Å²) in [6.45, 7) is 5.66. The second kappa shape index (κ2) is 6.03. The summed E-state index contributed by atoms with van der Waals surface area (Å²) in [5, 5.41) is 3.04. The minimum Gasteiger partial charge on any atom is -0.447 e. The number of nitrogens with one attached hydrogen (secondary N) is 2. The van der Waals surface area contributed by atoms with Crippen LogP contribution in [0.3, 0.4) is 0 Å². The molecule has 0 spiro atoms. The molecule has 2 N–H and O–H groups in total. The summed E-state index contributed by atoms with van der Waals surface area (Å²) < 4.78 is 31.0. The topological polar surface area (TPSA) is 71.3 Å². The molecule has 16 heavy (non-hydrogen) atoms. The molecule has 0 saturated heterocycles. The van der Waals surface area contributed by atoms with Crippen LogP contribution in [0.2, 0.25) is 0 Å². The molecule has 1 rings (SSSR count). The summed E-state index contributed by atoms with van der Waals surface area (Å²) in [6, 6.07) is 3.15. The van der Waals surface area contributed by atoms with E-state index in [2.05, 4.69) is 10.0 Å². The number of rotatable bonds is 7. The van der Waals surface area contributed by atoms with Gasteiger partial charge in [0.15, 0.2) is 0 Å². The van der Waals surface area contributed by atoms with Gasteiger partial charge in [-0.1, -0.05) is 13.8 Å². The van der Waals surface area contributed by atoms with E-state index >= 15 is 0 Å². The standard InChI is InChI=1S/C10H18N2O3S/c1-3-7-12-16(13,14)10-6-5-9(15-10)8-11-4-2/h5-6,11-12H,3-4,7-8H2,1-2H3. The molecule has 0 amide bonds. The molecule has 1 aromatic heterocycles. The van der Waals surface area contributed by atoms with E-state index in [9.17, 15) is 8.42 Å². The Kier molecular flexibility index (Phi) is 4.98. The molecule has 0 atom stereocenters. The lowest BCUT2D eigenvalue weighted by molar-refractivity contribution is 0.401. The predicted molar refractivity (Wildman–Crippen MR) is 61.6 cm³/mol. The summed E-state index contributed by atoms with van der Waals surface area (Å²) in [7, 11) is -3.47. The van der Waals surface area contributed by atoms with Crippen LogP contribution >= 0.6 is 0 Å². The Bertz CT molecular complexity index is 411. The zero-order valence-corrected chi connectivity index (χ0v) is 10.4. The molecule has 0 fully saturated rings. The lowest BCUT2D eigenvalue weighted by Gasteiger charge is -2.01. The minimum atomic E-state index is -3.47. The SMILES string of the molecule is CCCNS(=O)(=O)c1ccc(CNCC)o1. The molecule has 6 heteroatoms. The van der Waals surface area contributed by atoms with Gasteiger partial charge in [-0.05, 0) is 25.1 Å². The maximum atomic E-state index is 11.7. The van der Waals surface area contributed by atoms with Crippen LogP contribution in [0, 0.1) is 0 Å². The molecule has 0 aliphatic carbocycles. The summed E-state index contributed by atoms with van der Waals surface area (Å²) in [5.74, 6) is 0.624. The van der Waals surface area contributed by atoms with Gasteiger partial charge in [-0.3, -0.25) is 0 Å². The summed E-state index contributed by atoms with van der Waals surface area (Å²) in [6.07, 6.45) is 0.754. The van der Waals surface area contributed by atoms with Gasteiger partial charge in [0, 0.05) is 6.54 Å². The highest BCUT2D eigenvalue weighted by Gasteiger charge is 2.17. The van der Waals surface area contributed by atoms with Gasteiger partial charge < -0.3 is 9.73 Å². The van der Waals surface area contributed by atoms with Crippen molar-refractivity contribution in [3.05, 3.63) is 17.9 Å². The fourth-order valence-electron chi connectivity index (χ4n) is 1.15. The monoisotopic (exact) mass is 246 g/mol. The average Bonchev–Trinajstić information content (AvgIpc) is 2.73. The number of furan rings is 1. The molecule has 0 unspecified atom stereocenters.